The van der Waals surface area contributed by atoms with Gasteiger partial charge in [-0.1, -0.05) is 37.3 Å². The first-order valence-corrected chi connectivity index (χ1v) is 6.12. The van der Waals surface area contributed by atoms with Gasteiger partial charge < -0.3 is 4.52 Å². The molecule has 3 heteroatoms. The molecule has 1 unspecified atom stereocenters. The van der Waals surface area contributed by atoms with Crippen LogP contribution in [0.25, 0.3) is 0 Å². The van der Waals surface area contributed by atoms with Gasteiger partial charge in [0.1, 0.15) is 8.30 Å². The minimum Gasteiger partial charge on any atom is -0.340 e. The van der Waals surface area contributed by atoms with Gasteiger partial charge in [0.2, 0.25) is 0 Å². The highest BCUT2D eigenvalue weighted by molar-refractivity contribution is 7.58. The maximum Gasteiger partial charge on any atom is 0.137 e. The molecule has 0 aliphatic rings. The molecule has 2 nitrogen and oxygen atoms in total. The van der Waals surface area contributed by atoms with E-state index in [0.29, 0.717) is 0 Å². The van der Waals surface area contributed by atoms with Gasteiger partial charge in [-0.05, 0) is 20.5 Å². The summed E-state index contributed by atoms with van der Waals surface area (Å²) in [6.07, 6.45) is 1.07. The third kappa shape index (κ3) is 3.38. The molecule has 0 spiro atoms. The largest absolute Gasteiger partial charge is 0.340 e. The molecule has 0 aliphatic carbocycles. The third-order valence-corrected chi connectivity index (χ3v) is 3.65. The molecule has 14 heavy (non-hydrogen) atoms. The van der Waals surface area contributed by atoms with Crippen LogP contribution in [0, 0.1) is 0 Å². The molecule has 0 aromatic heterocycles. The Morgan fingerprint density at radius 3 is 2.36 bits per heavy atom. The smallest absolute Gasteiger partial charge is 0.137 e. The van der Waals surface area contributed by atoms with Gasteiger partial charge in [0.25, 0.3) is 0 Å². The Kier molecular flexibility index (Phi) is 5.10. The van der Waals surface area contributed by atoms with Crippen molar-refractivity contribution in [2.45, 2.75) is 13.3 Å². The first-order chi connectivity index (χ1) is 6.75. The van der Waals surface area contributed by atoms with Crippen LogP contribution in [0.3, 0.4) is 0 Å². The number of nitrogens with zero attached hydrogens (tertiary/aromatic N) is 1. The SMILES string of the molecule is CCCOP(c1ccccc1)N(C)C. The molecule has 1 aromatic rings. The van der Waals surface area contributed by atoms with Crippen LogP contribution in [0.1, 0.15) is 13.3 Å². The minimum absolute atomic E-state index is 0.587. The number of hydrogen-bond donors (Lipinski definition) is 0. The molecule has 0 fully saturated rings. The van der Waals surface area contributed by atoms with Crippen molar-refractivity contribution < 1.29 is 4.52 Å². The van der Waals surface area contributed by atoms with E-state index < -0.39 is 8.30 Å². The summed E-state index contributed by atoms with van der Waals surface area (Å²) < 4.78 is 7.98. The topological polar surface area (TPSA) is 12.5 Å². The lowest BCUT2D eigenvalue weighted by Gasteiger charge is -2.23. The van der Waals surface area contributed by atoms with Gasteiger partial charge in [-0.3, -0.25) is 4.67 Å². The monoisotopic (exact) mass is 211 g/mol. The summed E-state index contributed by atoms with van der Waals surface area (Å²) in [5.41, 5.74) is 0. The van der Waals surface area contributed by atoms with Crippen LogP contribution >= 0.6 is 8.30 Å². The van der Waals surface area contributed by atoms with Crippen molar-refractivity contribution >= 4 is 13.6 Å². The molecular formula is C11H18NOP. The fraction of sp³-hybridized carbons (Fsp3) is 0.455. The number of rotatable bonds is 5. The summed E-state index contributed by atoms with van der Waals surface area (Å²) in [6, 6.07) is 10.4. The number of benzene rings is 1. The normalized spacial score (nSPS) is 13.1. The lowest BCUT2D eigenvalue weighted by molar-refractivity contribution is 0.333. The molecule has 78 valence electrons. The molecule has 1 aromatic carbocycles. The highest BCUT2D eigenvalue weighted by Crippen LogP contribution is 2.37. The van der Waals surface area contributed by atoms with Gasteiger partial charge in [-0.2, -0.15) is 0 Å². The summed E-state index contributed by atoms with van der Waals surface area (Å²) in [5.74, 6) is 0. The molecule has 0 N–H and O–H groups in total. The molecule has 0 radical (unpaired) electrons. The standard InChI is InChI=1S/C11H18NOP/c1-4-10-13-14(12(2)3)11-8-6-5-7-9-11/h5-9H,4,10H2,1-3H3. The van der Waals surface area contributed by atoms with Crippen molar-refractivity contribution in [3.05, 3.63) is 30.3 Å². The molecule has 0 heterocycles. The lowest BCUT2D eigenvalue weighted by Crippen LogP contribution is -2.16. The van der Waals surface area contributed by atoms with Gasteiger partial charge in [0, 0.05) is 5.30 Å². The van der Waals surface area contributed by atoms with Gasteiger partial charge in [-0.25, -0.2) is 0 Å². The fourth-order valence-corrected chi connectivity index (χ4v) is 2.78. The Morgan fingerprint density at radius 1 is 1.21 bits per heavy atom. The average molecular weight is 211 g/mol. The summed E-state index contributed by atoms with van der Waals surface area (Å²) in [7, 11) is 3.54. The second-order valence-corrected chi connectivity index (χ2v) is 5.41. The fourth-order valence-electron chi connectivity index (χ4n) is 1.15. The Morgan fingerprint density at radius 2 is 1.86 bits per heavy atom. The zero-order chi connectivity index (χ0) is 10.4. The lowest BCUT2D eigenvalue weighted by atomic mass is 10.4. The zero-order valence-corrected chi connectivity index (χ0v) is 10.00. The van der Waals surface area contributed by atoms with Crippen LogP contribution in [0.4, 0.5) is 0 Å². The van der Waals surface area contributed by atoms with Crippen molar-refractivity contribution in [3.8, 4) is 0 Å². The summed E-state index contributed by atoms with van der Waals surface area (Å²) >= 11 is 0. The zero-order valence-electron chi connectivity index (χ0n) is 9.10. The van der Waals surface area contributed by atoms with Crippen molar-refractivity contribution in [1.82, 2.24) is 4.67 Å². The average Bonchev–Trinajstić information content (AvgIpc) is 2.19. The van der Waals surface area contributed by atoms with Crippen molar-refractivity contribution in [2.24, 2.45) is 0 Å². The van der Waals surface area contributed by atoms with E-state index in [2.05, 4.69) is 50.0 Å². The number of hydrogen-bond acceptors (Lipinski definition) is 2. The van der Waals surface area contributed by atoms with E-state index in [9.17, 15) is 0 Å². The van der Waals surface area contributed by atoms with E-state index in [-0.39, 0.29) is 0 Å². The van der Waals surface area contributed by atoms with E-state index in [1.54, 1.807) is 0 Å². The molecule has 0 amide bonds. The van der Waals surface area contributed by atoms with Crippen LogP contribution in [0.15, 0.2) is 30.3 Å². The van der Waals surface area contributed by atoms with Gasteiger partial charge in [-0.15, -0.1) is 0 Å². The highest BCUT2D eigenvalue weighted by atomic mass is 31.2. The molecule has 0 aliphatic heterocycles. The van der Waals surface area contributed by atoms with Gasteiger partial charge in [0.15, 0.2) is 0 Å². The second-order valence-electron chi connectivity index (χ2n) is 3.29. The van der Waals surface area contributed by atoms with E-state index >= 15 is 0 Å². The van der Waals surface area contributed by atoms with E-state index in [1.165, 1.54) is 5.30 Å². The van der Waals surface area contributed by atoms with E-state index in [1.807, 2.05) is 6.07 Å². The summed E-state index contributed by atoms with van der Waals surface area (Å²) in [4.78, 5) is 0. The maximum absolute atomic E-state index is 5.83. The van der Waals surface area contributed by atoms with Crippen LogP contribution in [0.5, 0.6) is 0 Å². The molecule has 0 saturated heterocycles. The van der Waals surface area contributed by atoms with E-state index in [4.69, 9.17) is 4.52 Å². The van der Waals surface area contributed by atoms with E-state index in [0.717, 1.165) is 13.0 Å². The van der Waals surface area contributed by atoms with Crippen molar-refractivity contribution in [3.63, 3.8) is 0 Å². The molecular weight excluding hydrogens is 193 g/mol. The summed E-state index contributed by atoms with van der Waals surface area (Å²) in [6.45, 7) is 2.97. The van der Waals surface area contributed by atoms with Crippen LogP contribution in [0.2, 0.25) is 0 Å². The first-order valence-electron chi connectivity index (χ1n) is 4.91. The Labute approximate surface area is 87.8 Å². The van der Waals surface area contributed by atoms with Crippen molar-refractivity contribution in [2.75, 3.05) is 20.7 Å². The molecule has 1 rings (SSSR count). The molecule has 0 saturated carbocycles. The second kappa shape index (κ2) is 6.13. The molecule has 1 atom stereocenters. The quantitative estimate of drug-likeness (QED) is 0.694. The Bertz CT molecular complexity index is 251. The van der Waals surface area contributed by atoms with Gasteiger partial charge in [0.05, 0.1) is 6.61 Å². The Balaban J connectivity index is 2.68. The predicted molar refractivity (Wildman–Crippen MR) is 62.9 cm³/mol. The van der Waals surface area contributed by atoms with Crippen LogP contribution in [-0.2, 0) is 4.52 Å². The minimum atomic E-state index is -0.587. The van der Waals surface area contributed by atoms with Gasteiger partial charge >= 0.3 is 0 Å². The van der Waals surface area contributed by atoms with Crippen LogP contribution < -0.4 is 5.30 Å². The Hall–Kier alpha value is -0.430. The molecule has 0 bridgehead atoms. The maximum atomic E-state index is 5.83. The predicted octanol–water partition coefficient (Wildman–Crippen LogP) is 2.61. The first kappa shape index (κ1) is 11.6. The highest BCUT2D eigenvalue weighted by Gasteiger charge is 2.13. The van der Waals surface area contributed by atoms with Crippen molar-refractivity contribution in [1.29, 1.82) is 0 Å². The third-order valence-electron chi connectivity index (χ3n) is 1.76. The summed E-state index contributed by atoms with van der Waals surface area (Å²) in [5, 5.41) is 1.28. The van der Waals surface area contributed by atoms with Crippen LogP contribution in [-0.4, -0.2) is 25.4 Å².